The van der Waals surface area contributed by atoms with Gasteiger partial charge in [-0.15, -0.1) is 0 Å². The molecule has 0 spiro atoms. The van der Waals surface area contributed by atoms with Gasteiger partial charge in [-0.3, -0.25) is 14.5 Å². The first kappa shape index (κ1) is 20.2. The first-order valence-electron chi connectivity index (χ1n) is 9.64. The number of hydrogen-bond donors (Lipinski definition) is 1. The molecule has 1 aliphatic rings. The zero-order valence-electron chi connectivity index (χ0n) is 16.4. The molecule has 1 fully saturated rings. The van der Waals surface area contributed by atoms with Crippen molar-refractivity contribution in [3.63, 3.8) is 0 Å². The Kier molecular flexibility index (Phi) is 6.92. The van der Waals surface area contributed by atoms with Gasteiger partial charge in [0.05, 0.1) is 11.9 Å². The molecule has 1 amide bonds. The van der Waals surface area contributed by atoms with Gasteiger partial charge in [0.2, 0.25) is 5.91 Å². The van der Waals surface area contributed by atoms with Gasteiger partial charge in [-0.2, -0.15) is 5.10 Å². The van der Waals surface area contributed by atoms with Crippen LogP contribution in [0.5, 0.6) is 0 Å². The maximum atomic E-state index is 12.6. The van der Waals surface area contributed by atoms with Crippen molar-refractivity contribution in [2.45, 2.75) is 19.8 Å². The number of guanidine groups is 1. The molecule has 2 heterocycles. The summed E-state index contributed by atoms with van der Waals surface area (Å²) in [6, 6.07) is 7.91. The number of rotatable bonds is 6. The van der Waals surface area contributed by atoms with Crippen LogP contribution >= 0.6 is 11.6 Å². The zero-order chi connectivity index (χ0) is 19.9. The van der Waals surface area contributed by atoms with E-state index in [9.17, 15) is 4.79 Å². The number of aliphatic imine (C=N–C) groups is 1. The van der Waals surface area contributed by atoms with Crippen molar-refractivity contribution in [2.24, 2.45) is 12.0 Å². The summed E-state index contributed by atoms with van der Waals surface area (Å²) in [5.41, 5.74) is 1.98. The maximum Gasteiger partial charge on any atom is 0.246 e. The van der Waals surface area contributed by atoms with Crippen molar-refractivity contribution < 1.29 is 4.79 Å². The van der Waals surface area contributed by atoms with Gasteiger partial charge in [0.25, 0.3) is 0 Å². The summed E-state index contributed by atoms with van der Waals surface area (Å²) in [5, 5.41) is 8.26. The number of nitrogens with zero attached hydrogens (tertiary/aromatic N) is 5. The number of amides is 1. The number of benzene rings is 1. The summed E-state index contributed by atoms with van der Waals surface area (Å²) < 4.78 is 1.71. The SMILES string of the molecule is CCNC(=NCCCc1ccccc1Cl)N1CCN(c2cnn(C)c2)C(=O)C1. The van der Waals surface area contributed by atoms with Crippen LogP contribution in [0.1, 0.15) is 18.9 Å². The van der Waals surface area contributed by atoms with E-state index in [1.807, 2.05) is 49.3 Å². The average Bonchev–Trinajstić information content (AvgIpc) is 3.11. The first-order chi connectivity index (χ1) is 13.6. The minimum Gasteiger partial charge on any atom is -0.357 e. The number of halogens is 1. The Morgan fingerprint density at radius 1 is 1.32 bits per heavy atom. The van der Waals surface area contributed by atoms with Gasteiger partial charge in [-0.05, 0) is 31.4 Å². The van der Waals surface area contributed by atoms with Crippen molar-refractivity contribution in [2.75, 3.05) is 37.6 Å². The highest BCUT2D eigenvalue weighted by Gasteiger charge is 2.27. The average molecular weight is 403 g/mol. The molecule has 28 heavy (non-hydrogen) atoms. The Hall–Kier alpha value is -2.54. The quantitative estimate of drug-likeness (QED) is 0.457. The van der Waals surface area contributed by atoms with E-state index >= 15 is 0 Å². The third-order valence-corrected chi connectivity index (χ3v) is 5.05. The van der Waals surface area contributed by atoms with E-state index in [4.69, 9.17) is 16.6 Å². The smallest absolute Gasteiger partial charge is 0.246 e. The largest absolute Gasteiger partial charge is 0.357 e. The van der Waals surface area contributed by atoms with Gasteiger partial charge in [0.15, 0.2) is 5.96 Å². The van der Waals surface area contributed by atoms with E-state index in [0.717, 1.165) is 48.2 Å². The summed E-state index contributed by atoms with van der Waals surface area (Å²) in [5.74, 6) is 0.849. The molecule has 0 bridgehead atoms. The molecule has 0 aliphatic carbocycles. The van der Waals surface area contributed by atoms with Crippen LogP contribution in [0, 0.1) is 0 Å². The highest BCUT2D eigenvalue weighted by atomic mass is 35.5. The van der Waals surface area contributed by atoms with Gasteiger partial charge < -0.3 is 15.1 Å². The first-order valence-corrected chi connectivity index (χ1v) is 10.0. The van der Waals surface area contributed by atoms with E-state index in [1.54, 1.807) is 15.8 Å². The molecule has 0 unspecified atom stereocenters. The van der Waals surface area contributed by atoms with Gasteiger partial charge in [0.1, 0.15) is 6.54 Å². The Morgan fingerprint density at radius 2 is 2.14 bits per heavy atom. The Bertz CT molecular complexity index is 834. The molecule has 0 radical (unpaired) electrons. The summed E-state index contributed by atoms with van der Waals surface area (Å²) >= 11 is 6.21. The third-order valence-electron chi connectivity index (χ3n) is 4.68. The second-order valence-corrected chi connectivity index (χ2v) is 7.18. The van der Waals surface area contributed by atoms with Gasteiger partial charge in [0, 0.05) is 44.4 Å². The molecular formula is C20H27ClN6O. The van der Waals surface area contributed by atoms with E-state index < -0.39 is 0 Å². The van der Waals surface area contributed by atoms with Crippen LogP contribution in [0.3, 0.4) is 0 Å². The van der Waals surface area contributed by atoms with Crippen LogP contribution in [0.15, 0.2) is 41.7 Å². The van der Waals surface area contributed by atoms with Crippen molar-refractivity contribution in [3.05, 3.63) is 47.2 Å². The molecule has 3 rings (SSSR count). The van der Waals surface area contributed by atoms with Crippen LogP contribution in [-0.2, 0) is 18.3 Å². The molecule has 1 saturated heterocycles. The summed E-state index contributed by atoms with van der Waals surface area (Å²) in [6.07, 6.45) is 5.38. The summed E-state index contributed by atoms with van der Waals surface area (Å²) in [6.45, 7) is 5.15. The lowest BCUT2D eigenvalue weighted by atomic mass is 10.1. The number of carbonyl (C=O) groups is 1. The minimum absolute atomic E-state index is 0.0564. The molecule has 150 valence electrons. The molecule has 1 aromatic carbocycles. The molecule has 2 aromatic rings. The van der Waals surface area contributed by atoms with Gasteiger partial charge in [-0.25, -0.2) is 0 Å². The number of aryl methyl sites for hydroxylation is 2. The van der Waals surface area contributed by atoms with Crippen LogP contribution < -0.4 is 10.2 Å². The Labute approximate surface area is 171 Å². The molecule has 8 heteroatoms. The molecule has 0 atom stereocenters. The third kappa shape index (κ3) is 5.04. The van der Waals surface area contributed by atoms with Gasteiger partial charge >= 0.3 is 0 Å². The predicted octanol–water partition coefficient (Wildman–Crippen LogP) is 2.32. The molecule has 1 N–H and O–H groups in total. The maximum absolute atomic E-state index is 12.6. The number of hydrogen-bond acceptors (Lipinski definition) is 3. The number of piperazine rings is 1. The normalized spacial score (nSPS) is 15.2. The van der Waals surface area contributed by atoms with E-state index in [2.05, 4.69) is 10.4 Å². The molecule has 1 aliphatic heterocycles. The van der Waals surface area contributed by atoms with Crippen LogP contribution in [0.4, 0.5) is 5.69 Å². The van der Waals surface area contributed by atoms with Crippen molar-refractivity contribution in [1.82, 2.24) is 20.0 Å². The second-order valence-electron chi connectivity index (χ2n) is 6.77. The number of aromatic nitrogens is 2. The minimum atomic E-state index is 0.0564. The van der Waals surface area contributed by atoms with E-state index in [0.29, 0.717) is 19.6 Å². The highest BCUT2D eigenvalue weighted by molar-refractivity contribution is 6.31. The zero-order valence-corrected chi connectivity index (χ0v) is 17.2. The lowest BCUT2D eigenvalue weighted by Crippen LogP contribution is -2.55. The van der Waals surface area contributed by atoms with E-state index in [-0.39, 0.29) is 5.91 Å². The summed E-state index contributed by atoms with van der Waals surface area (Å²) in [7, 11) is 1.85. The number of carbonyl (C=O) groups excluding carboxylic acids is 1. The number of anilines is 1. The summed E-state index contributed by atoms with van der Waals surface area (Å²) in [4.78, 5) is 21.1. The van der Waals surface area contributed by atoms with Crippen molar-refractivity contribution in [1.29, 1.82) is 0 Å². The predicted molar refractivity (Wildman–Crippen MR) is 113 cm³/mol. The molecule has 0 saturated carbocycles. The molecule has 7 nitrogen and oxygen atoms in total. The molecular weight excluding hydrogens is 376 g/mol. The Morgan fingerprint density at radius 3 is 2.82 bits per heavy atom. The standard InChI is InChI=1S/C20H27ClN6O/c1-3-22-20(23-10-6-8-16-7-4-5-9-18(16)21)26-11-12-27(19(28)15-26)17-13-24-25(2)14-17/h4-5,7,9,13-14H,3,6,8,10-12,15H2,1-2H3,(H,22,23). The topological polar surface area (TPSA) is 65.8 Å². The van der Waals surface area contributed by atoms with Crippen LogP contribution in [-0.4, -0.2) is 59.3 Å². The van der Waals surface area contributed by atoms with E-state index in [1.165, 1.54) is 0 Å². The number of nitrogens with one attached hydrogen (secondary N) is 1. The second kappa shape index (κ2) is 9.59. The van der Waals surface area contributed by atoms with Crippen LogP contribution in [0.25, 0.3) is 0 Å². The van der Waals surface area contributed by atoms with Gasteiger partial charge in [-0.1, -0.05) is 29.8 Å². The van der Waals surface area contributed by atoms with Crippen molar-refractivity contribution in [3.8, 4) is 0 Å². The van der Waals surface area contributed by atoms with Crippen LogP contribution in [0.2, 0.25) is 5.02 Å². The highest BCUT2D eigenvalue weighted by Crippen LogP contribution is 2.17. The molecule has 1 aromatic heterocycles. The fraction of sp³-hybridized carbons (Fsp3) is 0.450. The lowest BCUT2D eigenvalue weighted by Gasteiger charge is -2.35. The van der Waals surface area contributed by atoms with Crippen molar-refractivity contribution >= 4 is 29.2 Å². The lowest BCUT2D eigenvalue weighted by molar-refractivity contribution is -0.120. The monoisotopic (exact) mass is 402 g/mol. The Balaban J connectivity index is 1.57. The fourth-order valence-corrected chi connectivity index (χ4v) is 3.49. The fourth-order valence-electron chi connectivity index (χ4n) is 3.26.